The first-order valence-electron chi connectivity index (χ1n) is 14.1. The number of oxazole rings is 1. The number of rotatable bonds is 4. The smallest absolute Gasteiger partial charge is 0.309 e. The second-order valence-corrected chi connectivity index (χ2v) is 12.2. The molecule has 2 aliphatic heterocycles. The lowest BCUT2D eigenvalue weighted by atomic mass is 9.71. The first-order valence-corrected chi connectivity index (χ1v) is 14.1. The largest absolute Gasteiger partial charge is 0.457 e. The van der Waals surface area contributed by atoms with Crippen LogP contribution < -0.4 is 0 Å². The number of aromatic nitrogens is 1. The Morgan fingerprint density at radius 1 is 1.21 bits per heavy atom. The molecule has 2 saturated heterocycles. The number of aryl methyl sites for hydroxylation is 1. The van der Waals surface area contributed by atoms with Gasteiger partial charge in [-0.1, -0.05) is 39.3 Å². The van der Waals surface area contributed by atoms with Gasteiger partial charge in [0.1, 0.15) is 17.4 Å². The molecule has 8 heteroatoms. The molecule has 4 rings (SSSR count). The Morgan fingerprint density at radius 2 is 1.95 bits per heavy atom. The maximum atomic E-state index is 13.7. The number of hydrogen-bond acceptors (Lipinski definition) is 8. The maximum absolute atomic E-state index is 13.7. The molecule has 2 fully saturated rings. The van der Waals surface area contributed by atoms with E-state index in [4.69, 9.17) is 13.9 Å². The number of epoxide rings is 1. The van der Waals surface area contributed by atoms with Gasteiger partial charge >= 0.3 is 5.97 Å². The van der Waals surface area contributed by atoms with Gasteiger partial charge in [-0.15, -0.1) is 6.58 Å². The Morgan fingerprint density at radius 3 is 2.67 bits per heavy atom. The van der Waals surface area contributed by atoms with E-state index in [9.17, 15) is 19.8 Å². The molecule has 214 valence electrons. The summed E-state index contributed by atoms with van der Waals surface area (Å²) in [5.41, 5.74) is 0.501. The lowest BCUT2D eigenvalue weighted by Gasteiger charge is -2.36. The van der Waals surface area contributed by atoms with Crippen molar-refractivity contribution in [3.8, 4) is 0 Å². The second-order valence-electron chi connectivity index (χ2n) is 12.2. The average Bonchev–Trinajstić information content (AvgIpc) is 3.34. The van der Waals surface area contributed by atoms with E-state index in [-0.39, 0.29) is 29.8 Å². The van der Waals surface area contributed by atoms with Crippen molar-refractivity contribution in [3.63, 3.8) is 0 Å². The van der Waals surface area contributed by atoms with E-state index in [1.54, 1.807) is 26.8 Å². The van der Waals surface area contributed by atoms with Gasteiger partial charge in [0.15, 0.2) is 11.5 Å². The number of ketones is 1. The van der Waals surface area contributed by atoms with Crippen LogP contribution in [0.15, 0.2) is 35.3 Å². The third-order valence-electron chi connectivity index (χ3n) is 8.80. The number of carbonyl (C=O) groups is 2. The summed E-state index contributed by atoms with van der Waals surface area (Å²) >= 11 is 0. The number of hydrogen-bond donors (Lipinski definition) is 2. The number of carbonyl (C=O) groups excluding carboxylic acids is 2. The van der Waals surface area contributed by atoms with Crippen LogP contribution >= 0.6 is 0 Å². The van der Waals surface area contributed by atoms with E-state index in [0.29, 0.717) is 36.3 Å². The first kappa shape index (κ1) is 29.4. The fourth-order valence-corrected chi connectivity index (χ4v) is 5.87. The highest BCUT2D eigenvalue weighted by Gasteiger charge is 2.53. The fourth-order valence-electron chi connectivity index (χ4n) is 5.87. The van der Waals surface area contributed by atoms with Gasteiger partial charge in [0.25, 0.3) is 0 Å². The zero-order chi connectivity index (χ0) is 28.5. The summed E-state index contributed by atoms with van der Waals surface area (Å²) in [6.45, 7) is 12.8. The molecule has 0 amide bonds. The number of esters is 1. The van der Waals surface area contributed by atoms with Gasteiger partial charge in [-0.3, -0.25) is 9.59 Å². The highest BCUT2D eigenvalue weighted by atomic mass is 16.6. The summed E-state index contributed by atoms with van der Waals surface area (Å²) in [5, 5.41) is 22.3. The van der Waals surface area contributed by atoms with Crippen LogP contribution in [-0.4, -0.2) is 50.9 Å². The van der Waals surface area contributed by atoms with Gasteiger partial charge in [-0.2, -0.15) is 0 Å². The van der Waals surface area contributed by atoms with Crippen molar-refractivity contribution in [3.05, 3.63) is 42.3 Å². The Balaban J connectivity index is 1.62. The van der Waals surface area contributed by atoms with Gasteiger partial charge in [0.05, 0.1) is 35.7 Å². The van der Waals surface area contributed by atoms with Crippen LogP contribution in [0.1, 0.15) is 90.2 Å². The molecular formula is C31H43NO7. The van der Waals surface area contributed by atoms with E-state index < -0.39 is 35.6 Å². The van der Waals surface area contributed by atoms with Crippen molar-refractivity contribution in [1.29, 1.82) is 0 Å². The Kier molecular flexibility index (Phi) is 8.69. The molecule has 7 unspecified atom stereocenters. The molecule has 0 spiro atoms. The monoisotopic (exact) mass is 541 g/mol. The van der Waals surface area contributed by atoms with Gasteiger partial charge in [-0.25, -0.2) is 4.98 Å². The van der Waals surface area contributed by atoms with E-state index in [0.717, 1.165) is 24.8 Å². The molecule has 1 aromatic carbocycles. The zero-order valence-electron chi connectivity index (χ0n) is 23.8. The summed E-state index contributed by atoms with van der Waals surface area (Å²) in [6, 6.07) is 5.54. The number of aliphatic hydroxyl groups excluding tert-OH is 2. The van der Waals surface area contributed by atoms with Gasteiger partial charge < -0.3 is 24.1 Å². The number of nitrogens with zero attached hydrogens (tertiary/aromatic N) is 1. The highest BCUT2D eigenvalue weighted by molar-refractivity contribution is 5.88. The van der Waals surface area contributed by atoms with Crippen molar-refractivity contribution in [1.82, 2.24) is 4.98 Å². The minimum atomic E-state index is -1.28. The quantitative estimate of drug-likeness (QED) is 0.301. The molecular weight excluding hydrogens is 498 g/mol. The Labute approximate surface area is 230 Å². The molecule has 0 aliphatic carbocycles. The summed E-state index contributed by atoms with van der Waals surface area (Å²) in [6.07, 6.45) is 2.39. The van der Waals surface area contributed by atoms with Crippen LogP contribution in [0.3, 0.4) is 0 Å². The predicted octanol–water partition coefficient (Wildman–Crippen LogP) is 5.38. The Bertz CT molecular complexity index is 1200. The molecule has 3 heterocycles. The van der Waals surface area contributed by atoms with Gasteiger partial charge in [-0.05, 0) is 56.2 Å². The van der Waals surface area contributed by atoms with Crippen molar-refractivity contribution in [2.75, 3.05) is 0 Å². The van der Waals surface area contributed by atoms with Crippen molar-refractivity contribution in [2.45, 2.75) is 110 Å². The van der Waals surface area contributed by atoms with Gasteiger partial charge in [0, 0.05) is 19.3 Å². The second kappa shape index (κ2) is 11.5. The van der Waals surface area contributed by atoms with E-state index >= 15 is 0 Å². The van der Waals surface area contributed by atoms with Crippen LogP contribution in [0.2, 0.25) is 0 Å². The molecule has 7 atom stereocenters. The number of ether oxygens (including phenoxy) is 2. The molecule has 8 nitrogen and oxygen atoms in total. The normalized spacial score (nSPS) is 34.3. The third kappa shape index (κ3) is 6.44. The lowest BCUT2D eigenvalue weighted by molar-refractivity contribution is -0.156. The zero-order valence-corrected chi connectivity index (χ0v) is 23.8. The molecule has 2 aliphatic rings. The molecule has 2 N–H and O–H groups in total. The first-order chi connectivity index (χ1) is 18.4. The third-order valence-corrected chi connectivity index (χ3v) is 8.80. The van der Waals surface area contributed by atoms with Crippen molar-refractivity contribution < 1.29 is 33.7 Å². The summed E-state index contributed by atoms with van der Waals surface area (Å²) < 4.78 is 17.7. The summed E-state index contributed by atoms with van der Waals surface area (Å²) in [7, 11) is 0. The topological polar surface area (TPSA) is 122 Å². The van der Waals surface area contributed by atoms with Crippen LogP contribution in [0.4, 0.5) is 0 Å². The van der Waals surface area contributed by atoms with Crippen LogP contribution in [0.5, 0.6) is 0 Å². The summed E-state index contributed by atoms with van der Waals surface area (Å²) in [4.78, 5) is 31.3. The number of allylic oxidation sites excluding steroid dienone is 1. The highest BCUT2D eigenvalue weighted by Crippen LogP contribution is 2.47. The van der Waals surface area contributed by atoms with Crippen LogP contribution in [-0.2, 0) is 19.1 Å². The predicted molar refractivity (Wildman–Crippen MR) is 147 cm³/mol. The number of benzene rings is 1. The lowest BCUT2D eigenvalue weighted by Crippen LogP contribution is -2.46. The average molecular weight is 542 g/mol. The minimum Gasteiger partial charge on any atom is -0.457 e. The molecule has 1 aromatic heterocycles. The molecule has 2 aromatic rings. The van der Waals surface area contributed by atoms with Crippen molar-refractivity contribution >= 4 is 22.9 Å². The maximum Gasteiger partial charge on any atom is 0.309 e. The van der Waals surface area contributed by atoms with E-state index in [1.165, 1.54) is 0 Å². The van der Waals surface area contributed by atoms with Crippen molar-refractivity contribution in [2.24, 2.45) is 17.3 Å². The summed E-state index contributed by atoms with van der Waals surface area (Å²) in [5.74, 6) is -1.08. The Hall–Kier alpha value is -2.55. The van der Waals surface area contributed by atoms with Gasteiger partial charge in [0.2, 0.25) is 0 Å². The van der Waals surface area contributed by atoms with E-state index in [2.05, 4.69) is 18.5 Å². The van der Waals surface area contributed by atoms with E-state index in [1.807, 2.05) is 25.1 Å². The van der Waals surface area contributed by atoms with Crippen LogP contribution in [0, 0.1) is 24.2 Å². The minimum absolute atomic E-state index is 0.0959. The number of aliphatic hydroxyl groups is 2. The molecule has 0 bridgehead atoms. The fraction of sp³-hybridized carbons (Fsp3) is 0.645. The molecule has 0 saturated carbocycles. The standard InChI is InChI=1S/C31H43NO7/c1-7-8-11-21-28(35)18(2)10-9-14-31(6)26(39-31)16-24(20-12-13-23-22(15-20)32-19(3)37-23)38-27(34)17-25(33)30(4,5)29(21)36/h7,12-13,15,18,21,24-26,28,33,35H,1,8-11,14,16-17H2,2-6H3. The number of cyclic esters (lactones) is 1. The molecule has 39 heavy (non-hydrogen) atoms. The number of fused-ring (bicyclic) bond motifs is 2. The SMILES string of the molecule is C=CCCC1C(=O)C(C)(C)C(O)CC(=O)OC(c2ccc3oc(C)nc3c2)CC2OC2(C)CCCC(C)C1O. The van der Waals surface area contributed by atoms with Crippen LogP contribution in [0.25, 0.3) is 11.1 Å². The molecule has 0 radical (unpaired) electrons. The number of Topliss-reactive ketones (excluding diaryl/α,β-unsaturated/α-hetero) is 1.